The summed E-state index contributed by atoms with van der Waals surface area (Å²) < 4.78 is 2.09. The van der Waals surface area contributed by atoms with Crippen molar-refractivity contribution in [2.75, 3.05) is 0 Å². The van der Waals surface area contributed by atoms with Crippen molar-refractivity contribution in [2.24, 2.45) is 10.7 Å². The number of rotatable bonds is 4. The lowest BCUT2D eigenvalue weighted by Gasteiger charge is -2.21. The standard InChI is InChI=1S/C16H23N5/c1-16(2,3)20-15(17)19-11-14-18-9-10-21(14)12-13-7-5-4-6-8-13/h4-10H,11-12H2,1-3H3,(H3,17,19,20). The van der Waals surface area contributed by atoms with Crippen molar-refractivity contribution in [3.05, 3.63) is 54.1 Å². The van der Waals surface area contributed by atoms with Crippen LogP contribution in [0.3, 0.4) is 0 Å². The molecule has 2 aromatic rings. The van der Waals surface area contributed by atoms with E-state index in [1.54, 1.807) is 6.20 Å². The minimum Gasteiger partial charge on any atom is -0.370 e. The Morgan fingerprint density at radius 2 is 2.00 bits per heavy atom. The lowest BCUT2D eigenvalue weighted by Crippen LogP contribution is -2.45. The van der Waals surface area contributed by atoms with Crippen molar-refractivity contribution in [2.45, 2.75) is 39.4 Å². The number of aromatic nitrogens is 2. The smallest absolute Gasteiger partial charge is 0.189 e. The van der Waals surface area contributed by atoms with Gasteiger partial charge in [0.05, 0.1) is 0 Å². The zero-order chi connectivity index (χ0) is 15.3. The largest absolute Gasteiger partial charge is 0.370 e. The molecule has 0 saturated carbocycles. The molecular formula is C16H23N5. The second kappa shape index (κ2) is 6.43. The summed E-state index contributed by atoms with van der Waals surface area (Å²) in [5.74, 6) is 1.34. The fraction of sp³-hybridized carbons (Fsp3) is 0.375. The van der Waals surface area contributed by atoms with Crippen LogP contribution in [-0.2, 0) is 13.1 Å². The summed E-state index contributed by atoms with van der Waals surface area (Å²) in [6.45, 7) is 7.40. The minimum atomic E-state index is -0.0902. The van der Waals surface area contributed by atoms with E-state index in [1.807, 2.05) is 45.2 Å². The van der Waals surface area contributed by atoms with Crippen molar-refractivity contribution in [3.63, 3.8) is 0 Å². The lowest BCUT2D eigenvalue weighted by atomic mass is 10.1. The van der Waals surface area contributed by atoms with Gasteiger partial charge in [0.25, 0.3) is 0 Å². The van der Waals surface area contributed by atoms with Crippen LogP contribution >= 0.6 is 0 Å². The molecule has 112 valence electrons. The third-order valence-corrected chi connectivity index (χ3v) is 2.89. The van der Waals surface area contributed by atoms with E-state index in [1.165, 1.54) is 5.56 Å². The van der Waals surface area contributed by atoms with Gasteiger partial charge in [-0.2, -0.15) is 0 Å². The molecule has 1 aromatic heterocycles. The summed E-state index contributed by atoms with van der Waals surface area (Å²) >= 11 is 0. The molecule has 3 N–H and O–H groups in total. The molecule has 0 spiro atoms. The second-order valence-corrected chi connectivity index (χ2v) is 6.03. The number of nitrogens with two attached hydrogens (primary N) is 1. The van der Waals surface area contributed by atoms with Gasteiger partial charge in [-0.3, -0.25) is 0 Å². The van der Waals surface area contributed by atoms with Crippen LogP contribution in [0, 0.1) is 0 Å². The Morgan fingerprint density at radius 1 is 1.29 bits per heavy atom. The van der Waals surface area contributed by atoms with Crippen molar-refractivity contribution in [1.29, 1.82) is 0 Å². The van der Waals surface area contributed by atoms with Crippen molar-refractivity contribution in [1.82, 2.24) is 14.9 Å². The summed E-state index contributed by atoms with van der Waals surface area (Å²) in [5, 5.41) is 3.14. The van der Waals surface area contributed by atoms with E-state index in [0.717, 1.165) is 12.4 Å². The van der Waals surface area contributed by atoms with E-state index in [9.17, 15) is 0 Å². The number of nitrogens with one attached hydrogen (secondary N) is 1. The molecule has 5 heteroatoms. The first-order valence-electron chi connectivity index (χ1n) is 7.06. The molecule has 0 bridgehead atoms. The number of aliphatic imine (C=N–C) groups is 1. The molecule has 0 amide bonds. The third kappa shape index (κ3) is 4.95. The molecule has 0 aliphatic carbocycles. The van der Waals surface area contributed by atoms with Gasteiger partial charge in [0.2, 0.25) is 0 Å². The highest BCUT2D eigenvalue weighted by Crippen LogP contribution is 2.06. The highest BCUT2D eigenvalue weighted by atomic mass is 15.1. The van der Waals surface area contributed by atoms with Crippen LogP contribution in [0.2, 0.25) is 0 Å². The number of nitrogens with zero attached hydrogens (tertiary/aromatic N) is 3. The minimum absolute atomic E-state index is 0.0902. The molecule has 0 radical (unpaired) electrons. The number of imidazole rings is 1. The van der Waals surface area contributed by atoms with Gasteiger partial charge in [-0.25, -0.2) is 9.98 Å². The van der Waals surface area contributed by atoms with Gasteiger partial charge in [0.1, 0.15) is 12.4 Å². The molecule has 0 fully saturated rings. The van der Waals surface area contributed by atoms with Crippen molar-refractivity contribution < 1.29 is 0 Å². The molecule has 1 aromatic carbocycles. The van der Waals surface area contributed by atoms with E-state index < -0.39 is 0 Å². The first kappa shape index (κ1) is 15.1. The van der Waals surface area contributed by atoms with Crippen LogP contribution < -0.4 is 11.1 Å². The quantitative estimate of drug-likeness (QED) is 0.668. The zero-order valence-corrected chi connectivity index (χ0v) is 12.9. The molecular weight excluding hydrogens is 262 g/mol. The Morgan fingerprint density at radius 3 is 2.67 bits per heavy atom. The van der Waals surface area contributed by atoms with E-state index >= 15 is 0 Å². The zero-order valence-electron chi connectivity index (χ0n) is 12.9. The Bertz CT molecular complexity index is 593. The molecule has 0 saturated heterocycles. The molecule has 0 unspecified atom stereocenters. The van der Waals surface area contributed by atoms with Crippen molar-refractivity contribution >= 4 is 5.96 Å². The number of guanidine groups is 1. The Hall–Kier alpha value is -2.30. The molecule has 2 rings (SSSR count). The predicted molar refractivity (Wildman–Crippen MR) is 86.0 cm³/mol. The summed E-state index contributed by atoms with van der Waals surface area (Å²) in [4.78, 5) is 8.71. The molecule has 1 heterocycles. The van der Waals surface area contributed by atoms with E-state index in [2.05, 4.69) is 32.0 Å². The molecule has 5 nitrogen and oxygen atoms in total. The van der Waals surface area contributed by atoms with Crippen LogP contribution in [0.4, 0.5) is 0 Å². The average molecular weight is 285 g/mol. The van der Waals surface area contributed by atoms with E-state index in [0.29, 0.717) is 12.5 Å². The summed E-state index contributed by atoms with van der Waals surface area (Å²) in [5.41, 5.74) is 7.03. The summed E-state index contributed by atoms with van der Waals surface area (Å²) in [6, 6.07) is 10.3. The SMILES string of the molecule is CC(C)(C)NC(N)=NCc1nccn1Cc1ccccc1. The fourth-order valence-electron chi connectivity index (χ4n) is 2.00. The second-order valence-electron chi connectivity index (χ2n) is 6.03. The third-order valence-electron chi connectivity index (χ3n) is 2.89. The van der Waals surface area contributed by atoms with Crippen LogP contribution in [0.5, 0.6) is 0 Å². The van der Waals surface area contributed by atoms with Crippen LogP contribution in [0.1, 0.15) is 32.2 Å². The maximum absolute atomic E-state index is 5.88. The molecule has 0 atom stereocenters. The van der Waals surface area contributed by atoms with Gasteiger partial charge in [0.15, 0.2) is 5.96 Å². The van der Waals surface area contributed by atoms with Crippen LogP contribution in [-0.4, -0.2) is 21.0 Å². The highest BCUT2D eigenvalue weighted by molar-refractivity contribution is 5.78. The maximum atomic E-state index is 5.88. The van der Waals surface area contributed by atoms with Gasteiger partial charge in [0, 0.05) is 24.5 Å². The monoisotopic (exact) mass is 285 g/mol. The maximum Gasteiger partial charge on any atom is 0.189 e. The first-order valence-corrected chi connectivity index (χ1v) is 7.06. The highest BCUT2D eigenvalue weighted by Gasteiger charge is 2.10. The van der Waals surface area contributed by atoms with Crippen LogP contribution in [0.25, 0.3) is 0 Å². The first-order chi connectivity index (χ1) is 9.94. The Labute approximate surface area is 125 Å². The summed E-state index contributed by atoms with van der Waals surface area (Å²) in [7, 11) is 0. The van der Waals surface area contributed by atoms with E-state index in [4.69, 9.17) is 5.73 Å². The summed E-state index contributed by atoms with van der Waals surface area (Å²) in [6.07, 6.45) is 3.76. The van der Waals surface area contributed by atoms with Gasteiger partial charge in [-0.05, 0) is 26.3 Å². The molecule has 21 heavy (non-hydrogen) atoms. The van der Waals surface area contributed by atoms with Gasteiger partial charge < -0.3 is 15.6 Å². The van der Waals surface area contributed by atoms with E-state index in [-0.39, 0.29) is 5.54 Å². The number of benzene rings is 1. The predicted octanol–water partition coefficient (Wildman–Crippen LogP) is 2.13. The van der Waals surface area contributed by atoms with Crippen molar-refractivity contribution in [3.8, 4) is 0 Å². The Balaban J connectivity index is 2.02. The topological polar surface area (TPSA) is 68.2 Å². The fourth-order valence-corrected chi connectivity index (χ4v) is 2.00. The number of hydrogen-bond donors (Lipinski definition) is 2. The Kier molecular flexibility index (Phi) is 4.62. The number of hydrogen-bond acceptors (Lipinski definition) is 2. The van der Waals surface area contributed by atoms with Crippen LogP contribution in [0.15, 0.2) is 47.7 Å². The van der Waals surface area contributed by atoms with Gasteiger partial charge in [-0.1, -0.05) is 30.3 Å². The average Bonchev–Trinajstić information content (AvgIpc) is 2.83. The molecule has 0 aliphatic heterocycles. The normalized spacial score (nSPS) is 12.4. The van der Waals surface area contributed by atoms with Gasteiger partial charge >= 0.3 is 0 Å². The lowest BCUT2D eigenvalue weighted by molar-refractivity contribution is 0.508. The molecule has 0 aliphatic rings. The van der Waals surface area contributed by atoms with Gasteiger partial charge in [-0.15, -0.1) is 0 Å².